The summed E-state index contributed by atoms with van der Waals surface area (Å²) in [5.41, 5.74) is 2.42. The summed E-state index contributed by atoms with van der Waals surface area (Å²) in [5.74, 6) is 1.04. The first-order chi connectivity index (χ1) is 12.9. The van der Waals surface area contributed by atoms with Gasteiger partial charge in [-0.15, -0.1) is 6.58 Å². The summed E-state index contributed by atoms with van der Waals surface area (Å²) < 4.78 is 4.61. The van der Waals surface area contributed by atoms with Gasteiger partial charge in [0.1, 0.15) is 0 Å². The number of allylic oxidation sites excluding steroid dienone is 1. The highest BCUT2D eigenvalue weighted by Crippen LogP contribution is 2.32. The third-order valence-corrected chi connectivity index (χ3v) is 5.10. The highest BCUT2D eigenvalue weighted by molar-refractivity contribution is 5.77. The van der Waals surface area contributed by atoms with Gasteiger partial charge >= 0.3 is 5.69 Å². The van der Waals surface area contributed by atoms with E-state index in [1.165, 1.54) is 14.7 Å². The molecule has 7 heteroatoms. The van der Waals surface area contributed by atoms with E-state index in [9.17, 15) is 9.59 Å². The Labute approximate surface area is 156 Å². The van der Waals surface area contributed by atoms with E-state index in [1.807, 2.05) is 4.57 Å². The molecular weight excluding hydrogens is 342 g/mol. The Balaban J connectivity index is 2.02. The summed E-state index contributed by atoms with van der Waals surface area (Å²) in [6, 6.07) is 8.25. The Hall–Kier alpha value is -3.09. The van der Waals surface area contributed by atoms with Gasteiger partial charge in [0.05, 0.1) is 0 Å². The van der Waals surface area contributed by atoms with Crippen molar-refractivity contribution in [1.82, 2.24) is 18.7 Å². The number of fused-ring (bicyclic) bond motifs is 3. The second kappa shape index (κ2) is 6.26. The molecule has 0 amide bonds. The van der Waals surface area contributed by atoms with E-state index in [-0.39, 0.29) is 17.8 Å². The second-order valence-corrected chi connectivity index (χ2v) is 7.29. The van der Waals surface area contributed by atoms with Gasteiger partial charge in [0.2, 0.25) is 5.95 Å². The van der Waals surface area contributed by atoms with Crippen LogP contribution in [0.3, 0.4) is 0 Å². The largest absolute Gasteiger partial charge is 0.332 e. The number of rotatable bonds is 3. The zero-order valence-electron chi connectivity index (χ0n) is 15.8. The number of hydrogen-bond acceptors (Lipinski definition) is 4. The summed E-state index contributed by atoms with van der Waals surface area (Å²) in [4.78, 5) is 32.4. The predicted octanol–water partition coefficient (Wildman–Crippen LogP) is 2.18. The number of imidazole rings is 1. The number of nitrogens with zero attached hydrogens (tertiary/aromatic N) is 5. The van der Waals surface area contributed by atoms with Crippen molar-refractivity contribution in [2.24, 2.45) is 13.0 Å². The lowest BCUT2D eigenvalue weighted by Gasteiger charge is -2.33. The number of aromatic nitrogens is 4. The molecule has 4 rings (SSSR count). The SMILES string of the molecule is C=CCn1c(=O)c2c(nc3n2C[C@H](C)CN3c2ccc(C)cc2)n(C)c1=O. The summed E-state index contributed by atoms with van der Waals surface area (Å²) in [6.07, 6.45) is 1.56. The quantitative estimate of drug-likeness (QED) is 0.668. The normalized spacial score (nSPS) is 16.6. The molecule has 7 nitrogen and oxygen atoms in total. The van der Waals surface area contributed by atoms with E-state index in [1.54, 1.807) is 13.1 Å². The van der Waals surface area contributed by atoms with Crippen molar-refractivity contribution < 1.29 is 0 Å². The highest BCUT2D eigenvalue weighted by atomic mass is 16.2. The van der Waals surface area contributed by atoms with Crippen LogP contribution in [0.25, 0.3) is 11.2 Å². The van der Waals surface area contributed by atoms with Crippen LogP contribution in [0.2, 0.25) is 0 Å². The van der Waals surface area contributed by atoms with Gasteiger partial charge in [-0.05, 0) is 25.0 Å². The van der Waals surface area contributed by atoms with Crippen LogP contribution in [-0.4, -0.2) is 25.2 Å². The lowest BCUT2D eigenvalue weighted by Crippen LogP contribution is -2.40. The van der Waals surface area contributed by atoms with Crippen molar-refractivity contribution in [2.75, 3.05) is 11.4 Å². The van der Waals surface area contributed by atoms with Crippen LogP contribution >= 0.6 is 0 Å². The third-order valence-electron chi connectivity index (χ3n) is 5.10. The Morgan fingerprint density at radius 2 is 1.93 bits per heavy atom. The van der Waals surface area contributed by atoms with Gasteiger partial charge in [0.15, 0.2) is 11.2 Å². The molecule has 0 radical (unpaired) electrons. The summed E-state index contributed by atoms with van der Waals surface area (Å²) >= 11 is 0. The maximum atomic E-state index is 13.0. The van der Waals surface area contributed by atoms with Crippen LogP contribution in [0.4, 0.5) is 11.6 Å². The number of aryl methyl sites for hydroxylation is 2. The average molecular weight is 365 g/mol. The minimum Gasteiger partial charge on any atom is -0.312 e. The molecular formula is C20H23N5O2. The van der Waals surface area contributed by atoms with Gasteiger partial charge in [-0.2, -0.15) is 4.98 Å². The van der Waals surface area contributed by atoms with Gasteiger partial charge in [-0.3, -0.25) is 13.9 Å². The Kier molecular flexibility index (Phi) is 4.02. The van der Waals surface area contributed by atoms with Crippen LogP contribution in [0.1, 0.15) is 12.5 Å². The van der Waals surface area contributed by atoms with E-state index in [4.69, 9.17) is 4.98 Å². The van der Waals surface area contributed by atoms with E-state index in [0.717, 1.165) is 12.2 Å². The van der Waals surface area contributed by atoms with Gasteiger partial charge in [0.25, 0.3) is 5.56 Å². The van der Waals surface area contributed by atoms with Crippen molar-refractivity contribution in [3.05, 3.63) is 63.3 Å². The average Bonchev–Trinajstić information content (AvgIpc) is 3.03. The molecule has 1 aliphatic heterocycles. The minimum atomic E-state index is -0.377. The van der Waals surface area contributed by atoms with Crippen LogP contribution in [0, 0.1) is 12.8 Å². The van der Waals surface area contributed by atoms with Crippen LogP contribution in [0.5, 0.6) is 0 Å². The number of anilines is 2. The fraction of sp³-hybridized carbons (Fsp3) is 0.350. The second-order valence-electron chi connectivity index (χ2n) is 7.29. The van der Waals surface area contributed by atoms with E-state index < -0.39 is 0 Å². The molecule has 3 aromatic rings. The molecule has 0 spiro atoms. The number of benzene rings is 1. The lowest BCUT2D eigenvalue weighted by molar-refractivity contribution is 0.458. The molecule has 0 unspecified atom stereocenters. The molecule has 27 heavy (non-hydrogen) atoms. The van der Waals surface area contributed by atoms with E-state index in [0.29, 0.717) is 29.6 Å². The molecule has 0 bridgehead atoms. The van der Waals surface area contributed by atoms with Crippen molar-refractivity contribution in [3.63, 3.8) is 0 Å². The molecule has 1 aromatic carbocycles. The fourth-order valence-electron chi connectivity index (χ4n) is 3.74. The monoisotopic (exact) mass is 365 g/mol. The molecule has 1 aliphatic rings. The van der Waals surface area contributed by atoms with Crippen molar-refractivity contribution >= 4 is 22.8 Å². The zero-order chi connectivity index (χ0) is 19.3. The third kappa shape index (κ3) is 2.61. The lowest BCUT2D eigenvalue weighted by atomic mass is 10.1. The number of hydrogen-bond donors (Lipinski definition) is 0. The first-order valence-corrected chi connectivity index (χ1v) is 9.07. The fourth-order valence-corrected chi connectivity index (χ4v) is 3.74. The molecule has 140 valence electrons. The van der Waals surface area contributed by atoms with Crippen molar-refractivity contribution in [3.8, 4) is 0 Å². The summed E-state index contributed by atoms with van der Waals surface area (Å²) in [6.45, 7) is 9.54. The zero-order valence-corrected chi connectivity index (χ0v) is 15.8. The molecule has 0 saturated heterocycles. The summed E-state index contributed by atoms with van der Waals surface area (Å²) in [7, 11) is 1.66. The first kappa shape index (κ1) is 17.3. The standard InChI is InChI=1S/C20H23N5O2/c1-5-10-23-18(26)16-17(22(4)20(23)27)21-19-24(11-14(3)12-25(16)19)15-8-6-13(2)7-9-15/h5-9,14H,1,10-12H2,2-4H3/t14-/m1/s1. The van der Waals surface area contributed by atoms with Crippen LogP contribution in [0.15, 0.2) is 46.5 Å². The van der Waals surface area contributed by atoms with Crippen LogP contribution < -0.4 is 16.1 Å². The molecule has 0 saturated carbocycles. The van der Waals surface area contributed by atoms with Crippen molar-refractivity contribution in [1.29, 1.82) is 0 Å². The molecule has 0 N–H and O–H groups in total. The van der Waals surface area contributed by atoms with Crippen molar-refractivity contribution in [2.45, 2.75) is 26.9 Å². The van der Waals surface area contributed by atoms with Crippen LogP contribution in [-0.2, 0) is 20.1 Å². The van der Waals surface area contributed by atoms with E-state index >= 15 is 0 Å². The highest BCUT2D eigenvalue weighted by Gasteiger charge is 2.29. The molecule has 3 heterocycles. The van der Waals surface area contributed by atoms with Gasteiger partial charge in [-0.25, -0.2) is 4.79 Å². The Morgan fingerprint density at radius 3 is 2.59 bits per heavy atom. The summed E-state index contributed by atoms with van der Waals surface area (Å²) in [5, 5.41) is 0. The van der Waals surface area contributed by atoms with E-state index in [2.05, 4.69) is 49.6 Å². The molecule has 1 atom stereocenters. The van der Waals surface area contributed by atoms with Gasteiger partial charge < -0.3 is 9.47 Å². The van der Waals surface area contributed by atoms with Gasteiger partial charge in [-0.1, -0.05) is 30.7 Å². The molecule has 0 aliphatic carbocycles. The molecule has 0 fully saturated rings. The topological polar surface area (TPSA) is 65.1 Å². The maximum Gasteiger partial charge on any atom is 0.332 e. The Morgan fingerprint density at radius 1 is 1.22 bits per heavy atom. The van der Waals surface area contributed by atoms with Gasteiger partial charge in [0, 0.05) is 32.4 Å². The Bertz CT molecular complexity index is 1150. The smallest absolute Gasteiger partial charge is 0.312 e. The molecule has 2 aromatic heterocycles. The first-order valence-electron chi connectivity index (χ1n) is 9.07. The predicted molar refractivity (Wildman–Crippen MR) is 107 cm³/mol. The maximum absolute atomic E-state index is 13.0. The minimum absolute atomic E-state index is 0.180.